The van der Waals surface area contributed by atoms with E-state index >= 15 is 0 Å². The van der Waals surface area contributed by atoms with E-state index < -0.39 is 8.32 Å². The molecule has 2 aromatic rings. The lowest BCUT2D eigenvalue weighted by Gasteiger charge is -2.42. The molecule has 0 radical (unpaired) electrons. The van der Waals surface area contributed by atoms with Gasteiger partial charge in [0.05, 0.1) is 0 Å². The summed E-state index contributed by atoms with van der Waals surface area (Å²) < 4.78 is 6.96. The lowest BCUT2D eigenvalue weighted by Crippen LogP contribution is -2.50. The number of fused-ring (bicyclic) bond motifs is 1. The van der Waals surface area contributed by atoms with Crippen LogP contribution in [0.1, 0.15) is 75.8 Å². The maximum absolute atomic E-state index is 6.96. The molecule has 0 bridgehead atoms. The summed E-state index contributed by atoms with van der Waals surface area (Å²) in [7, 11) is -1.93. The van der Waals surface area contributed by atoms with Crippen molar-refractivity contribution in [3.8, 4) is 5.75 Å². The Bertz CT molecular complexity index is 840. The van der Waals surface area contributed by atoms with Gasteiger partial charge in [-0.25, -0.2) is 0 Å². The van der Waals surface area contributed by atoms with Crippen molar-refractivity contribution < 1.29 is 4.43 Å². The number of nitrogens with one attached hydrogen (secondary N) is 1. The molecule has 2 aromatic carbocycles. The largest absolute Gasteiger partial charge is 0.543 e. The molecule has 0 unspecified atom stereocenters. The van der Waals surface area contributed by atoms with E-state index in [4.69, 9.17) is 4.43 Å². The van der Waals surface area contributed by atoms with Gasteiger partial charge in [0.2, 0.25) is 0 Å². The zero-order valence-electron chi connectivity index (χ0n) is 20.4. The van der Waals surface area contributed by atoms with Gasteiger partial charge in [0.25, 0.3) is 8.32 Å². The van der Waals surface area contributed by atoms with E-state index in [0.29, 0.717) is 16.6 Å². The first kappa shape index (κ1) is 22.9. The number of hydrogen-bond acceptors (Lipinski definition) is 2. The Morgan fingerprint density at radius 3 is 2.07 bits per heavy atom. The maximum Gasteiger partial charge on any atom is 0.258 e. The van der Waals surface area contributed by atoms with Gasteiger partial charge < -0.3 is 9.74 Å². The van der Waals surface area contributed by atoms with Crippen LogP contribution in [0.4, 0.5) is 5.69 Å². The number of anilines is 1. The monoisotopic (exact) mass is 423 g/mol. The molecule has 0 amide bonds. The van der Waals surface area contributed by atoms with Gasteiger partial charge in [0.1, 0.15) is 5.75 Å². The molecule has 3 rings (SSSR count). The minimum atomic E-state index is -1.93. The fourth-order valence-corrected chi connectivity index (χ4v) is 10.9. The first-order valence-corrected chi connectivity index (χ1v) is 13.9. The van der Waals surface area contributed by atoms with Crippen molar-refractivity contribution in [3.63, 3.8) is 0 Å². The van der Waals surface area contributed by atoms with Crippen LogP contribution in [0.2, 0.25) is 16.6 Å². The summed E-state index contributed by atoms with van der Waals surface area (Å²) >= 11 is 0. The van der Waals surface area contributed by atoms with E-state index in [1.807, 2.05) is 0 Å². The zero-order chi connectivity index (χ0) is 22.1. The van der Waals surface area contributed by atoms with Crippen molar-refractivity contribution in [2.75, 3.05) is 11.9 Å². The number of aryl methyl sites for hydroxylation is 3. The van der Waals surface area contributed by atoms with Crippen LogP contribution in [0.3, 0.4) is 0 Å². The fourth-order valence-electron chi connectivity index (χ4n) is 5.69. The summed E-state index contributed by atoms with van der Waals surface area (Å²) in [5.74, 6) is 1.08. The Morgan fingerprint density at radius 2 is 1.50 bits per heavy atom. The lowest BCUT2D eigenvalue weighted by molar-refractivity contribution is 0.479. The predicted molar refractivity (Wildman–Crippen MR) is 134 cm³/mol. The first-order valence-electron chi connectivity index (χ1n) is 11.8. The summed E-state index contributed by atoms with van der Waals surface area (Å²) in [6.07, 6.45) is 3.41. The number of benzene rings is 2. The minimum Gasteiger partial charge on any atom is -0.543 e. The van der Waals surface area contributed by atoms with Crippen LogP contribution in [0, 0.1) is 13.8 Å². The maximum atomic E-state index is 6.96. The van der Waals surface area contributed by atoms with E-state index in [1.165, 1.54) is 46.3 Å². The van der Waals surface area contributed by atoms with Crippen LogP contribution < -0.4 is 9.74 Å². The van der Waals surface area contributed by atoms with Crippen LogP contribution in [0.25, 0.3) is 0 Å². The van der Waals surface area contributed by atoms with Crippen molar-refractivity contribution >= 4 is 14.0 Å². The summed E-state index contributed by atoms with van der Waals surface area (Å²) in [5.41, 5.74) is 10.1. The van der Waals surface area contributed by atoms with Gasteiger partial charge in [-0.1, -0.05) is 53.7 Å². The van der Waals surface area contributed by atoms with E-state index in [0.717, 1.165) is 18.7 Å². The average molecular weight is 424 g/mol. The average Bonchev–Trinajstić information content (AvgIpc) is 2.68. The van der Waals surface area contributed by atoms with Gasteiger partial charge >= 0.3 is 0 Å². The highest BCUT2D eigenvalue weighted by Gasteiger charge is 2.47. The third-order valence-corrected chi connectivity index (χ3v) is 13.2. The molecule has 0 saturated heterocycles. The molecule has 1 aliphatic heterocycles. The van der Waals surface area contributed by atoms with Gasteiger partial charge in [0, 0.05) is 12.2 Å². The molecule has 0 spiro atoms. The fraction of sp³-hybridized carbons (Fsp3) is 0.556. The number of rotatable bonds is 7. The zero-order valence-corrected chi connectivity index (χ0v) is 21.4. The minimum absolute atomic E-state index is 0.585. The van der Waals surface area contributed by atoms with Crippen molar-refractivity contribution in [2.45, 2.75) is 91.3 Å². The SMILES string of the molecule is Cc1cc(O[Si](C(C)C)(C(C)C)C(C)C)cc(C)c1Cc1ccc2c(c1)CCCN2. The molecule has 1 heterocycles. The van der Waals surface area contributed by atoms with E-state index in [1.54, 1.807) is 0 Å². The van der Waals surface area contributed by atoms with Crippen molar-refractivity contribution in [3.05, 3.63) is 58.1 Å². The normalized spacial score (nSPS) is 14.2. The summed E-state index contributed by atoms with van der Waals surface area (Å²) in [5, 5.41) is 3.52. The lowest BCUT2D eigenvalue weighted by atomic mass is 9.93. The Balaban J connectivity index is 1.88. The molecule has 0 saturated carbocycles. The van der Waals surface area contributed by atoms with E-state index in [9.17, 15) is 0 Å². The first-order chi connectivity index (χ1) is 14.1. The highest BCUT2D eigenvalue weighted by molar-refractivity contribution is 6.78. The van der Waals surface area contributed by atoms with Crippen LogP contribution in [0.15, 0.2) is 30.3 Å². The summed E-state index contributed by atoms with van der Waals surface area (Å²) in [6.45, 7) is 19.7. The Labute approximate surface area is 185 Å². The second-order valence-corrected chi connectivity index (χ2v) is 15.5. The molecule has 1 N–H and O–H groups in total. The molecule has 0 aliphatic carbocycles. The topological polar surface area (TPSA) is 21.3 Å². The standard InChI is InChI=1S/C27H41NOSi/c1-18(2)30(19(3)4,20(5)6)29-25-14-21(7)26(22(8)15-25)17-23-11-12-27-24(16-23)10-9-13-28-27/h11-12,14-16,18-20,28H,9-10,13,17H2,1-8H3. The van der Waals surface area contributed by atoms with Crippen molar-refractivity contribution in [1.29, 1.82) is 0 Å². The molecular weight excluding hydrogens is 382 g/mol. The van der Waals surface area contributed by atoms with Gasteiger partial charge in [-0.15, -0.1) is 0 Å². The van der Waals surface area contributed by atoms with E-state index in [2.05, 4.69) is 91.0 Å². The number of hydrogen-bond donors (Lipinski definition) is 1. The molecule has 1 aliphatic rings. The Hall–Kier alpha value is -1.74. The summed E-state index contributed by atoms with van der Waals surface area (Å²) in [4.78, 5) is 0. The smallest absolute Gasteiger partial charge is 0.258 e. The molecule has 3 heteroatoms. The molecule has 0 fully saturated rings. The molecule has 0 aromatic heterocycles. The highest BCUT2D eigenvalue weighted by atomic mass is 28.4. The third kappa shape index (κ3) is 4.46. The van der Waals surface area contributed by atoms with Crippen molar-refractivity contribution in [2.24, 2.45) is 0 Å². The molecule has 164 valence electrons. The van der Waals surface area contributed by atoms with Gasteiger partial charge in [0.15, 0.2) is 0 Å². The van der Waals surface area contributed by atoms with Gasteiger partial charge in [-0.3, -0.25) is 0 Å². The van der Waals surface area contributed by atoms with Gasteiger partial charge in [-0.05, 0) is 95.7 Å². The van der Waals surface area contributed by atoms with Crippen LogP contribution in [-0.4, -0.2) is 14.9 Å². The second kappa shape index (κ2) is 9.17. The third-order valence-electron chi connectivity index (χ3n) is 7.16. The molecule has 0 atom stereocenters. The van der Waals surface area contributed by atoms with Gasteiger partial charge in [-0.2, -0.15) is 0 Å². The molecule has 2 nitrogen and oxygen atoms in total. The molecular formula is C27H41NOSi. The Kier molecular flexibility index (Phi) is 7.01. The van der Waals surface area contributed by atoms with Crippen LogP contribution >= 0.6 is 0 Å². The second-order valence-electron chi connectivity index (χ2n) is 10.2. The quantitative estimate of drug-likeness (QED) is 0.458. The van der Waals surface area contributed by atoms with Crippen LogP contribution in [-0.2, 0) is 12.8 Å². The van der Waals surface area contributed by atoms with Crippen molar-refractivity contribution in [1.82, 2.24) is 0 Å². The summed E-state index contributed by atoms with van der Waals surface area (Å²) in [6, 6.07) is 11.5. The predicted octanol–water partition coefficient (Wildman–Crippen LogP) is 7.81. The van der Waals surface area contributed by atoms with Crippen LogP contribution in [0.5, 0.6) is 5.75 Å². The molecule has 30 heavy (non-hydrogen) atoms. The Morgan fingerprint density at radius 1 is 0.900 bits per heavy atom. The van der Waals surface area contributed by atoms with E-state index in [-0.39, 0.29) is 0 Å². The highest BCUT2D eigenvalue weighted by Crippen LogP contribution is 2.43.